The van der Waals surface area contributed by atoms with Gasteiger partial charge in [-0.2, -0.15) is 13.2 Å². The van der Waals surface area contributed by atoms with Crippen LogP contribution in [0.4, 0.5) is 19.0 Å². The average Bonchev–Trinajstić information content (AvgIpc) is 3.07. The maximum absolute atomic E-state index is 13.3. The van der Waals surface area contributed by atoms with Gasteiger partial charge in [-0.05, 0) is 44.1 Å². The van der Waals surface area contributed by atoms with Gasteiger partial charge in [-0.1, -0.05) is 30.2 Å². The smallest absolute Gasteiger partial charge is 0.390 e. The van der Waals surface area contributed by atoms with E-state index in [-0.39, 0.29) is 29.3 Å². The van der Waals surface area contributed by atoms with Crippen LogP contribution in [0, 0.1) is 12.3 Å². The summed E-state index contributed by atoms with van der Waals surface area (Å²) in [5.74, 6) is 0.577. The maximum atomic E-state index is 13.3. The molecule has 1 spiro atoms. The number of rotatable bonds is 3. The van der Waals surface area contributed by atoms with Gasteiger partial charge in [-0.25, -0.2) is 9.97 Å². The Kier molecular flexibility index (Phi) is 5.91. The van der Waals surface area contributed by atoms with Crippen molar-refractivity contribution < 1.29 is 18.3 Å². The molecule has 1 saturated carbocycles. The van der Waals surface area contributed by atoms with Crippen molar-refractivity contribution in [3.8, 4) is 11.3 Å². The number of anilines is 1. The Morgan fingerprint density at radius 2 is 1.94 bits per heavy atom. The molecule has 4 rings (SSSR count). The highest BCUT2D eigenvalue weighted by atomic mass is 35.5. The molecule has 0 amide bonds. The number of aromatic nitrogens is 2. The first kappa shape index (κ1) is 22.3. The molecule has 2 aliphatic rings. The number of alkyl halides is 3. The Morgan fingerprint density at radius 3 is 2.52 bits per heavy atom. The zero-order chi connectivity index (χ0) is 22.4. The average molecular weight is 455 g/mol. The van der Waals surface area contributed by atoms with E-state index in [0.717, 1.165) is 51.3 Å². The summed E-state index contributed by atoms with van der Waals surface area (Å²) in [5, 5.41) is 9.53. The third kappa shape index (κ3) is 4.01. The fraction of sp³-hybridized carbons (Fsp3) is 0.545. The van der Waals surface area contributed by atoms with Crippen molar-refractivity contribution in [2.24, 2.45) is 11.1 Å². The predicted molar refractivity (Wildman–Crippen MR) is 114 cm³/mol. The summed E-state index contributed by atoms with van der Waals surface area (Å²) in [4.78, 5) is 11.2. The van der Waals surface area contributed by atoms with Gasteiger partial charge in [0.15, 0.2) is 5.82 Å². The van der Waals surface area contributed by atoms with E-state index in [2.05, 4.69) is 14.9 Å². The first-order chi connectivity index (χ1) is 14.7. The van der Waals surface area contributed by atoms with Crippen LogP contribution in [-0.4, -0.2) is 34.2 Å². The molecular weight excluding hydrogens is 429 g/mol. The quantitative estimate of drug-likeness (QED) is 0.702. The molecular formula is C22H26ClF3N4O. The Labute approximate surface area is 184 Å². The van der Waals surface area contributed by atoms with Crippen LogP contribution in [0.3, 0.4) is 0 Å². The fourth-order valence-electron chi connectivity index (χ4n) is 5.04. The van der Waals surface area contributed by atoms with Crippen molar-refractivity contribution in [1.29, 1.82) is 0 Å². The van der Waals surface area contributed by atoms with Gasteiger partial charge < -0.3 is 15.7 Å². The number of hydrogen-bond acceptors (Lipinski definition) is 5. The summed E-state index contributed by atoms with van der Waals surface area (Å²) in [6.07, 6.45) is 0.717. The molecule has 1 aliphatic heterocycles. The number of piperidine rings is 1. The lowest BCUT2D eigenvalue weighted by molar-refractivity contribution is -0.137. The topological polar surface area (TPSA) is 75.3 Å². The second kappa shape index (κ2) is 8.22. The molecule has 5 nitrogen and oxygen atoms in total. The summed E-state index contributed by atoms with van der Waals surface area (Å²) < 4.78 is 39.8. The zero-order valence-corrected chi connectivity index (χ0v) is 18.1. The SMILES string of the molecule is Cc1nc(N2CCC3(CCC[C@H]3N)CC2)c(CO)nc1-c1cccc(C(F)(F)F)c1Cl. The normalized spacial score (nSPS) is 21.1. The van der Waals surface area contributed by atoms with Crippen molar-refractivity contribution in [2.45, 2.75) is 57.9 Å². The minimum atomic E-state index is -4.57. The van der Waals surface area contributed by atoms with E-state index in [9.17, 15) is 18.3 Å². The van der Waals surface area contributed by atoms with Gasteiger partial charge in [-0.15, -0.1) is 0 Å². The predicted octanol–water partition coefficient (Wildman–Crippen LogP) is 4.71. The van der Waals surface area contributed by atoms with Crippen LogP contribution < -0.4 is 10.6 Å². The van der Waals surface area contributed by atoms with Gasteiger partial charge >= 0.3 is 6.18 Å². The fourth-order valence-corrected chi connectivity index (χ4v) is 5.36. The largest absolute Gasteiger partial charge is 0.417 e. The summed E-state index contributed by atoms with van der Waals surface area (Å²) >= 11 is 6.09. The Morgan fingerprint density at radius 1 is 1.23 bits per heavy atom. The van der Waals surface area contributed by atoms with Crippen LogP contribution in [0.1, 0.15) is 49.1 Å². The molecule has 0 bridgehead atoms. The van der Waals surface area contributed by atoms with Crippen LogP contribution in [-0.2, 0) is 12.8 Å². The van der Waals surface area contributed by atoms with E-state index in [1.54, 1.807) is 6.92 Å². The number of hydrogen-bond donors (Lipinski definition) is 2. The van der Waals surface area contributed by atoms with Crippen LogP contribution in [0.5, 0.6) is 0 Å². The number of benzene rings is 1. The van der Waals surface area contributed by atoms with E-state index in [1.807, 2.05) is 0 Å². The molecule has 3 N–H and O–H groups in total. The molecule has 1 atom stereocenters. The lowest BCUT2D eigenvalue weighted by Gasteiger charge is -2.42. The Bertz CT molecular complexity index is 974. The highest BCUT2D eigenvalue weighted by Gasteiger charge is 2.43. The standard InChI is InChI=1S/C22H26ClF3N4O/c1-13-19(14-4-2-5-15(18(14)23)22(24,25)26)29-16(12-31)20(28-13)30-10-8-21(9-11-30)7-3-6-17(21)27/h2,4-5,17,31H,3,6-12,27H2,1H3/t17-/m1/s1. The maximum Gasteiger partial charge on any atom is 0.417 e. The molecule has 1 aromatic heterocycles. The number of aliphatic hydroxyl groups excluding tert-OH is 1. The molecule has 2 fully saturated rings. The summed E-state index contributed by atoms with van der Waals surface area (Å²) in [6, 6.07) is 3.95. The minimum absolute atomic E-state index is 0.150. The molecule has 9 heteroatoms. The molecule has 2 aromatic rings. The van der Waals surface area contributed by atoms with Crippen LogP contribution in [0.25, 0.3) is 11.3 Å². The van der Waals surface area contributed by atoms with Gasteiger partial charge in [0.05, 0.1) is 28.6 Å². The molecule has 2 heterocycles. The first-order valence-electron chi connectivity index (χ1n) is 10.5. The third-order valence-corrected chi connectivity index (χ3v) is 7.27. The molecule has 1 aliphatic carbocycles. The van der Waals surface area contributed by atoms with Gasteiger partial charge in [0.1, 0.15) is 5.69 Å². The van der Waals surface area contributed by atoms with E-state index < -0.39 is 16.8 Å². The molecule has 0 unspecified atom stereocenters. The molecule has 168 valence electrons. The zero-order valence-electron chi connectivity index (χ0n) is 17.3. The second-order valence-electron chi connectivity index (χ2n) is 8.60. The Hall–Kier alpha value is -1.90. The van der Waals surface area contributed by atoms with Crippen molar-refractivity contribution in [3.63, 3.8) is 0 Å². The van der Waals surface area contributed by atoms with E-state index >= 15 is 0 Å². The number of nitrogens with zero attached hydrogens (tertiary/aromatic N) is 3. The van der Waals surface area contributed by atoms with Gasteiger partial charge in [-0.3, -0.25) is 0 Å². The summed E-state index contributed by atoms with van der Waals surface area (Å²) in [5.41, 5.74) is 6.83. The van der Waals surface area contributed by atoms with Crippen LogP contribution >= 0.6 is 11.6 Å². The first-order valence-corrected chi connectivity index (χ1v) is 10.9. The molecule has 0 radical (unpaired) electrons. The minimum Gasteiger partial charge on any atom is -0.390 e. The van der Waals surface area contributed by atoms with Gasteiger partial charge in [0.25, 0.3) is 0 Å². The van der Waals surface area contributed by atoms with Gasteiger partial charge in [0, 0.05) is 24.7 Å². The molecule has 1 saturated heterocycles. The number of aliphatic hydroxyl groups is 1. The highest BCUT2D eigenvalue weighted by molar-refractivity contribution is 6.34. The van der Waals surface area contributed by atoms with Crippen LogP contribution in [0.2, 0.25) is 5.02 Å². The lowest BCUT2D eigenvalue weighted by atomic mass is 9.74. The monoisotopic (exact) mass is 454 g/mol. The number of aryl methyl sites for hydroxylation is 1. The molecule has 31 heavy (non-hydrogen) atoms. The van der Waals surface area contributed by atoms with Gasteiger partial charge in [0.2, 0.25) is 0 Å². The van der Waals surface area contributed by atoms with E-state index in [1.165, 1.54) is 12.1 Å². The lowest BCUT2D eigenvalue weighted by Crippen LogP contribution is -2.47. The Balaban J connectivity index is 1.66. The summed E-state index contributed by atoms with van der Waals surface area (Å²) in [7, 11) is 0. The van der Waals surface area contributed by atoms with Crippen molar-refractivity contribution in [3.05, 3.63) is 40.2 Å². The third-order valence-electron chi connectivity index (χ3n) is 6.87. The van der Waals surface area contributed by atoms with E-state index in [4.69, 9.17) is 17.3 Å². The molecule has 1 aromatic carbocycles. The van der Waals surface area contributed by atoms with Crippen molar-refractivity contribution in [1.82, 2.24) is 9.97 Å². The summed E-state index contributed by atoms with van der Waals surface area (Å²) in [6.45, 7) is 2.85. The van der Waals surface area contributed by atoms with Crippen LogP contribution in [0.15, 0.2) is 18.2 Å². The van der Waals surface area contributed by atoms with E-state index in [0.29, 0.717) is 17.2 Å². The highest BCUT2D eigenvalue weighted by Crippen LogP contribution is 2.46. The van der Waals surface area contributed by atoms with Crippen molar-refractivity contribution in [2.75, 3.05) is 18.0 Å². The number of nitrogens with two attached hydrogens (primary N) is 1. The number of halogens is 4. The second-order valence-corrected chi connectivity index (χ2v) is 8.98. The van der Waals surface area contributed by atoms with Crippen molar-refractivity contribution >= 4 is 17.4 Å².